The molecule has 19 nitrogen and oxygen atoms in total. The van der Waals surface area contributed by atoms with Gasteiger partial charge in [-0.1, -0.05) is 23.6 Å². The zero-order chi connectivity index (χ0) is 57.9. The first kappa shape index (κ1) is 58.5. The molecule has 4 N–H and O–H groups in total. The van der Waals surface area contributed by atoms with Gasteiger partial charge in [0.15, 0.2) is 15.5 Å². The fourth-order valence-corrected chi connectivity index (χ4v) is 9.72. The molecule has 3 aromatic heterocycles. The van der Waals surface area contributed by atoms with Crippen LogP contribution in [0.15, 0.2) is 42.5 Å². The number of sulfone groups is 1. The zero-order valence-corrected chi connectivity index (χ0v) is 42.4. The molecule has 0 saturated heterocycles. The molecule has 78 heavy (non-hydrogen) atoms. The van der Waals surface area contributed by atoms with Crippen LogP contribution in [0.25, 0.3) is 22.0 Å². The van der Waals surface area contributed by atoms with Gasteiger partial charge in [0.05, 0.1) is 45.8 Å². The van der Waals surface area contributed by atoms with E-state index >= 15 is 8.78 Å². The van der Waals surface area contributed by atoms with E-state index in [1.165, 1.54) is 13.8 Å². The van der Waals surface area contributed by atoms with Crippen molar-refractivity contribution in [2.24, 2.45) is 5.92 Å². The van der Waals surface area contributed by atoms with E-state index in [0.717, 1.165) is 42.7 Å². The minimum Gasteiger partial charge on any atom is -0.755 e. The number of pyridine rings is 1. The van der Waals surface area contributed by atoms with Gasteiger partial charge >= 0.3 is 30.2 Å². The third kappa shape index (κ3) is 12.4. The number of halogens is 11. The minimum absolute atomic E-state index is 0.134. The van der Waals surface area contributed by atoms with Gasteiger partial charge in [0.2, 0.25) is 5.91 Å². The van der Waals surface area contributed by atoms with Crippen LogP contribution in [0.5, 0.6) is 0 Å². The van der Waals surface area contributed by atoms with Gasteiger partial charge in [0, 0.05) is 46.7 Å². The molecule has 0 aliphatic heterocycles. The van der Waals surface area contributed by atoms with Crippen molar-refractivity contribution in [3.8, 4) is 23.0 Å². The van der Waals surface area contributed by atoms with E-state index < -0.39 is 198 Å². The Morgan fingerprint density at radius 1 is 0.974 bits per heavy atom. The van der Waals surface area contributed by atoms with Crippen molar-refractivity contribution in [3.05, 3.63) is 98.7 Å². The molecular formula is C46H38ClF10N8O11S2-. The highest BCUT2D eigenvalue weighted by Crippen LogP contribution is 2.68. The first-order chi connectivity index (χ1) is 36.0. The Bertz CT molecular complexity index is 3500. The summed E-state index contributed by atoms with van der Waals surface area (Å²) < 4.78 is 196. The molecule has 418 valence electrons. The third-order valence-corrected chi connectivity index (χ3v) is 15.5. The van der Waals surface area contributed by atoms with Crippen LogP contribution in [0.4, 0.5) is 43.9 Å². The van der Waals surface area contributed by atoms with Crippen molar-refractivity contribution in [2.75, 3.05) is 6.26 Å². The molecule has 7 rings (SSSR count). The molecule has 3 unspecified atom stereocenters. The van der Waals surface area contributed by atoms with Crippen molar-refractivity contribution >= 4 is 73.3 Å². The van der Waals surface area contributed by atoms with E-state index in [1.54, 1.807) is 5.32 Å². The molecule has 2 aromatic carbocycles. The van der Waals surface area contributed by atoms with Crippen molar-refractivity contribution in [3.63, 3.8) is 0 Å². The maximum atomic E-state index is 15.6. The fraction of sp³-hybridized carbons (Fsp3) is 0.391. The Morgan fingerprint density at radius 3 is 2.19 bits per heavy atom. The predicted molar refractivity (Wildman–Crippen MR) is 249 cm³/mol. The molecular weight excluding hydrogens is 1130 g/mol. The van der Waals surface area contributed by atoms with Gasteiger partial charge in [-0.05, 0) is 80.8 Å². The lowest BCUT2D eigenvalue weighted by atomic mass is 9.93. The Morgan fingerprint density at radius 2 is 1.62 bits per heavy atom. The number of carbonyl (C=O) groups excluding carboxylic acids is 3. The molecule has 0 bridgehead atoms. The Labute approximate surface area is 440 Å². The number of nitrogens with zero attached hydrogens (tertiary/aromatic N) is 6. The number of benzene rings is 2. The molecule has 0 radical (unpaired) electrons. The number of hydrogen-bond donors (Lipinski definition) is 4. The van der Waals surface area contributed by atoms with Crippen molar-refractivity contribution in [1.82, 2.24) is 39.5 Å². The third-order valence-electron chi connectivity index (χ3n) is 12.6. The number of carboxylic acids is 2. The Balaban J connectivity index is 1.44. The summed E-state index contributed by atoms with van der Waals surface area (Å²) in [7, 11) is -3.96. The molecule has 3 heterocycles. The molecule has 0 spiro atoms. The summed E-state index contributed by atoms with van der Waals surface area (Å²) in [4.78, 5) is 67.2. The molecule has 5 aromatic rings. The predicted octanol–water partition coefficient (Wildman–Crippen LogP) is 5.85. The quantitative estimate of drug-likeness (QED) is 0.0368. The molecule has 3 amide bonds. The van der Waals surface area contributed by atoms with Gasteiger partial charge in [-0.2, -0.15) is 45.3 Å². The summed E-state index contributed by atoms with van der Waals surface area (Å²) >= 11 is 2.85. The maximum Gasteiger partial charge on any atom is 0.435 e. The van der Waals surface area contributed by atoms with E-state index in [4.69, 9.17) is 16.7 Å². The Hall–Kier alpha value is -7.17. The molecule has 2 aliphatic rings. The van der Waals surface area contributed by atoms with Crippen LogP contribution < -0.4 is 10.6 Å². The lowest BCUT2D eigenvalue weighted by Crippen LogP contribution is -2.50. The fourth-order valence-electron chi connectivity index (χ4n) is 8.72. The second kappa shape index (κ2) is 21.2. The van der Waals surface area contributed by atoms with Crippen LogP contribution >= 0.6 is 11.6 Å². The summed E-state index contributed by atoms with van der Waals surface area (Å²) in [5.74, 6) is -12.8. The maximum absolute atomic E-state index is 15.6. The van der Waals surface area contributed by atoms with Gasteiger partial charge in [-0.15, -0.1) is 0 Å². The molecule has 1 fully saturated rings. The van der Waals surface area contributed by atoms with Crippen LogP contribution in [0.2, 0.25) is 5.02 Å². The van der Waals surface area contributed by atoms with Crippen LogP contribution in [-0.2, 0) is 83.2 Å². The topological polar surface area (TPSA) is 276 Å². The first-order valence-electron chi connectivity index (χ1n) is 22.4. The van der Waals surface area contributed by atoms with Gasteiger partial charge in [0.1, 0.15) is 46.9 Å². The van der Waals surface area contributed by atoms with Crippen molar-refractivity contribution in [1.29, 1.82) is 0 Å². The van der Waals surface area contributed by atoms with E-state index in [9.17, 15) is 81.4 Å². The van der Waals surface area contributed by atoms with Gasteiger partial charge in [0.25, 0.3) is 11.8 Å². The van der Waals surface area contributed by atoms with E-state index in [0.29, 0.717) is 6.07 Å². The zero-order valence-electron chi connectivity index (χ0n) is 40.0. The summed E-state index contributed by atoms with van der Waals surface area (Å²) in [6, 6.07) is 2.19. The number of amides is 3. The smallest absolute Gasteiger partial charge is 0.435 e. The number of carboxylic acid groups (broad SMARTS) is 2. The van der Waals surface area contributed by atoms with Crippen molar-refractivity contribution in [2.45, 2.75) is 100 Å². The summed E-state index contributed by atoms with van der Waals surface area (Å²) in [6.07, 6.45) is -12.6. The van der Waals surface area contributed by atoms with E-state index in [2.05, 4.69) is 32.3 Å². The number of hydrogen-bond acceptors (Lipinski definition) is 12. The van der Waals surface area contributed by atoms with Crippen LogP contribution in [-0.4, -0.2) is 109 Å². The number of aromatic nitrogens is 5. The van der Waals surface area contributed by atoms with E-state index in [-0.39, 0.29) is 36.9 Å². The number of nitrogens with one attached hydrogen (secondary N) is 2. The summed E-state index contributed by atoms with van der Waals surface area (Å²) in [5.41, 5.74) is -7.05. The van der Waals surface area contributed by atoms with Crippen LogP contribution in [0.3, 0.4) is 0 Å². The Kier molecular flexibility index (Phi) is 15.9. The average molecular weight is 1170 g/mol. The highest BCUT2D eigenvalue weighted by Gasteiger charge is 2.68. The molecule has 2 aliphatic carbocycles. The van der Waals surface area contributed by atoms with Crippen LogP contribution in [0.1, 0.15) is 84.7 Å². The van der Waals surface area contributed by atoms with Gasteiger partial charge in [-0.25, -0.2) is 27.0 Å². The number of fused-ring (bicyclic) bond motifs is 4. The number of rotatable bonds is 17. The first-order valence-corrected chi connectivity index (χ1v) is 25.7. The second-order valence-corrected chi connectivity index (χ2v) is 22.3. The highest BCUT2D eigenvalue weighted by atomic mass is 35.5. The second-order valence-electron chi connectivity index (χ2n) is 18.5. The lowest BCUT2D eigenvalue weighted by Gasteiger charge is -2.28. The monoisotopic (exact) mass is 1170 g/mol. The summed E-state index contributed by atoms with van der Waals surface area (Å²) in [5, 5.41) is 28.6. The van der Waals surface area contributed by atoms with Crippen molar-refractivity contribution < 1.29 is 95.3 Å². The van der Waals surface area contributed by atoms with Gasteiger partial charge < -0.3 is 25.4 Å². The van der Waals surface area contributed by atoms with Crippen LogP contribution in [0, 0.1) is 29.4 Å². The standard InChI is InChI=1S/C46H39ClF10N8O11S2/c1-43(2,78(3,75)76)11-10-23-4-5-24(25-6-7-28(47)35-31(61-64(37(25)35)19-44(50,51)52)17-65(77(73)74)41(70)29(8-9-33(67)68)60-40(69)42(71)72)36(58-23)30(14-20-12-21(48)15-22(49)13-20)59-32(66)18-63-39-34(38(62-63)46(55,56)57)26-16-27(26)45(39,53)54/h4-7,12-13,15,26-27,29-30H,8-9,14,16-19H2,1-3H3,(H,59,66)(H,60,69)(H,67,68)(H,71,72)(H,73,74)/p-1/t26-,27+,29?,30?/m0/s1. The summed E-state index contributed by atoms with van der Waals surface area (Å²) in [6.45, 7) is -2.33. The number of carbonyl (C=O) groups is 5. The van der Waals surface area contributed by atoms with Gasteiger partial charge in [-0.3, -0.25) is 37.1 Å². The largest absolute Gasteiger partial charge is 0.755 e. The highest BCUT2D eigenvalue weighted by molar-refractivity contribution is 7.92. The SMILES string of the molecule is CC(C)(C#Cc1ccc(-c2ccc(Cl)c3c(CN(C(=O)C(CCC(=O)O)NC(=O)C(=O)O)S(=O)[O-])nn(CC(F)(F)F)c23)c(C(Cc2cc(F)cc(F)c2)NC(=O)Cn2nc(C(F)(F)F)c3c2C(F)(F)[C@@H]2C[C@H]32)n1)S(C)(=O)=O. The number of alkyl halides is 8. The molecule has 1 saturated carbocycles. The number of aliphatic carboxylic acids is 2. The molecule has 32 heteroatoms. The normalized spacial score (nSPS) is 17.0. The average Bonchev–Trinajstić information content (AvgIpc) is 3.92. The lowest BCUT2D eigenvalue weighted by molar-refractivity contribution is -0.151. The van der Waals surface area contributed by atoms with E-state index in [1.807, 2.05) is 0 Å². The minimum atomic E-state index is -5.26. The molecule has 5 atom stereocenters.